The van der Waals surface area contributed by atoms with Gasteiger partial charge in [-0.2, -0.15) is 0 Å². The van der Waals surface area contributed by atoms with E-state index in [4.69, 9.17) is 5.11 Å². The summed E-state index contributed by atoms with van der Waals surface area (Å²) >= 11 is 0. The molecule has 0 unspecified atom stereocenters. The van der Waals surface area contributed by atoms with E-state index in [9.17, 15) is 0 Å². The largest absolute Gasteiger partial charge is 0.392 e. The molecule has 1 N–H and O–H groups in total. The van der Waals surface area contributed by atoms with Gasteiger partial charge in [0.1, 0.15) is 5.52 Å². The van der Waals surface area contributed by atoms with Crippen LogP contribution in [0, 0.1) is 0 Å². The Morgan fingerprint density at radius 3 is 2.86 bits per heavy atom. The number of nitrogens with zero attached hydrogens (tertiary/aromatic N) is 3. The van der Waals surface area contributed by atoms with Gasteiger partial charge >= 0.3 is 0 Å². The van der Waals surface area contributed by atoms with Crippen molar-refractivity contribution in [3.8, 4) is 0 Å². The van der Waals surface area contributed by atoms with Gasteiger partial charge < -0.3 is 5.11 Å². The number of hydrogen-bond donors (Lipinski definition) is 1. The van der Waals surface area contributed by atoms with Crippen molar-refractivity contribution in [2.45, 2.75) is 26.5 Å². The lowest BCUT2D eigenvalue weighted by Crippen LogP contribution is -2.02. The lowest BCUT2D eigenvalue weighted by atomic mass is 10.2. The maximum absolute atomic E-state index is 8.96. The van der Waals surface area contributed by atoms with Crippen LogP contribution in [-0.2, 0) is 6.61 Å². The number of rotatable bonds is 2. The second-order valence-corrected chi connectivity index (χ2v) is 3.61. The lowest BCUT2D eigenvalue weighted by molar-refractivity contribution is 0.282. The Balaban J connectivity index is 2.59. The fourth-order valence-electron chi connectivity index (χ4n) is 1.47. The molecule has 0 amide bonds. The Morgan fingerprint density at radius 2 is 2.21 bits per heavy atom. The molecule has 0 atom stereocenters. The third kappa shape index (κ3) is 1.37. The quantitative estimate of drug-likeness (QED) is 0.782. The highest BCUT2D eigenvalue weighted by molar-refractivity contribution is 5.75. The molecule has 74 valence electrons. The summed E-state index contributed by atoms with van der Waals surface area (Å²) in [7, 11) is 0. The molecular formula is C10H13N3O. The van der Waals surface area contributed by atoms with Crippen molar-refractivity contribution in [3.63, 3.8) is 0 Å². The molecule has 0 aliphatic rings. The van der Waals surface area contributed by atoms with Crippen LogP contribution in [0.25, 0.3) is 11.0 Å². The summed E-state index contributed by atoms with van der Waals surface area (Å²) in [5.74, 6) is 0. The molecular weight excluding hydrogens is 178 g/mol. The predicted molar refractivity (Wildman–Crippen MR) is 53.8 cm³/mol. The minimum Gasteiger partial charge on any atom is -0.392 e. The minimum atomic E-state index is 0.0461. The maximum atomic E-state index is 8.96. The van der Waals surface area contributed by atoms with Gasteiger partial charge in [-0.1, -0.05) is 11.3 Å². The topological polar surface area (TPSA) is 50.9 Å². The summed E-state index contributed by atoms with van der Waals surface area (Å²) in [5.41, 5.74) is 2.72. The molecule has 14 heavy (non-hydrogen) atoms. The molecule has 2 aromatic rings. The zero-order chi connectivity index (χ0) is 10.1. The first-order valence-electron chi connectivity index (χ1n) is 4.67. The van der Waals surface area contributed by atoms with E-state index in [0.29, 0.717) is 6.04 Å². The van der Waals surface area contributed by atoms with Crippen LogP contribution >= 0.6 is 0 Å². The van der Waals surface area contributed by atoms with Crippen molar-refractivity contribution in [1.82, 2.24) is 15.0 Å². The molecule has 2 rings (SSSR count). The molecule has 0 saturated carbocycles. The molecule has 1 aromatic carbocycles. The molecule has 1 heterocycles. The van der Waals surface area contributed by atoms with Crippen molar-refractivity contribution in [1.29, 1.82) is 0 Å². The summed E-state index contributed by atoms with van der Waals surface area (Å²) in [4.78, 5) is 0. The van der Waals surface area contributed by atoms with E-state index in [1.807, 2.05) is 22.9 Å². The van der Waals surface area contributed by atoms with Crippen LogP contribution in [0.15, 0.2) is 18.2 Å². The number of aromatic nitrogens is 3. The van der Waals surface area contributed by atoms with Gasteiger partial charge in [-0.25, -0.2) is 4.68 Å². The van der Waals surface area contributed by atoms with Gasteiger partial charge in [0.25, 0.3) is 0 Å². The highest BCUT2D eigenvalue weighted by Gasteiger charge is 2.06. The van der Waals surface area contributed by atoms with Crippen LogP contribution in [0.5, 0.6) is 0 Å². The van der Waals surface area contributed by atoms with Gasteiger partial charge in [-0.05, 0) is 31.5 Å². The van der Waals surface area contributed by atoms with Gasteiger partial charge in [-0.15, -0.1) is 5.10 Å². The third-order valence-electron chi connectivity index (χ3n) is 2.21. The first-order chi connectivity index (χ1) is 6.72. The molecule has 0 saturated heterocycles. The molecule has 0 aliphatic heterocycles. The van der Waals surface area contributed by atoms with Crippen LogP contribution in [0.1, 0.15) is 25.5 Å². The first-order valence-corrected chi connectivity index (χ1v) is 4.67. The number of fused-ring (bicyclic) bond motifs is 1. The third-order valence-corrected chi connectivity index (χ3v) is 2.21. The molecule has 1 aromatic heterocycles. The second kappa shape index (κ2) is 3.38. The molecule has 0 fully saturated rings. The van der Waals surface area contributed by atoms with Crippen LogP contribution in [0.3, 0.4) is 0 Å². The van der Waals surface area contributed by atoms with E-state index >= 15 is 0 Å². The van der Waals surface area contributed by atoms with Crippen molar-refractivity contribution in [2.75, 3.05) is 0 Å². The molecule has 0 radical (unpaired) electrons. The van der Waals surface area contributed by atoms with E-state index in [1.54, 1.807) is 0 Å². The van der Waals surface area contributed by atoms with Crippen LogP contribution in [0.2, 0.25) is 0 Å². The smallest absolute Gasteiger partial charge is 0.113 e. The van der Waals surface area contributed by atoms with Crippen molar-refractivity contribution < 1.29 is 5.11 Å². The Hall–Kier alpha value is -1.42. The van der Waals surface area contributed by atoms with Gasteiger partial charge in [0.05, 0.1) is 12.1 Å². The zero-order valence-electron chi connectivity index (χ0n) is 8.31. The fraction of sp³-hybridized carbons (Fsp3) is 0.400. The number of hydrogen-bond acceptors (Lipinski definition) is 3. The van der Waals surface area contributed by atoms with Crippen molar-refractivity contribution in [2.24, 2.45) is 0 Å². The molecule has 4 nitrogen and oxygen atoms in total. The highest BCUT2D eigenvalue weighted by Crippen LogP contribution is 2.16. The number of aliphatic hydroxyl groups is 1. The van der Waals surface area contributed by atoms with Gasteiger partial charge in [0.2, 0.25) is 0 Å². The maximum Gasteiger partial charge on any atom is 0.113 e. The highest BCUT2D eigenvalue weighted by atomic mass is 16.3. The summed E-state index contributed by atoms with van der Waals surface area (Å²) in [5, 5.41) is 17.1. The Kier molecular flexibility index (Phi) is 2.21. The molecule has 4 heteroatoms. The number of aliphatic hydroxyl groups excluding tert-OH is 1. The lowest BCUT2D eigenvalue weighted by Gasteiger charge is -2.04. The standard InChI is InChI=1S/C10H13N3O/c1-7(2)13-10-4-3-8(6-14)5-9(10)11-12-13/h3-5,7,14H,6H2,1-2H3. The summed E-state index contributed by atoms with van der Waals surface area (Å²) < 4.78 is 1.87. The minimum absolute atomic E-state index is 0.0461. The average Bonchev–Trinajstić information content (AvgIpc) is 2.59. The summed E-state index contributed by atoms with van der Waals surface area (Å²) in [6.07, 6.45) is 0. The first kappa shape index (κ1) is 9.15. The van der Waals surface area contributed by atoms with Crippen molar-refractivity contribution >= 4 is 11.0 Å². The van der Waals surface area contributed by atoms with E-state index < -0.39 is 0 Å². The predicted octanol–water partition coefficient (Wildman–Crippen LogP) is 1.50. The summed E-state index contributed by atoms with van der Waals surface area (Å²) in [6.45, 7) is 4.17. The normalized spacial score (nSPS) is 11.4. The number of benzene rings is 1. The van der Waals surface area contributed by atoms with Crippen LogP contribution < -0.4 is 0 Å². The summed E-state index contributed by atoms with van der Waals surface area (Å²) in [6, 6.07) is 6.01. The fourth-order valence-corrected chi connectivity index (χ4v) is 1.47. The van der Waals surface area contributed by atoms with Crippen LogP contribution in [0.4, 0.5) is 0 Å². The van der Waals surface area contributed by atoms with E-state index in [1.165, 1.54) is 0 Å². The molecule has 0 aliphatic carbocycles. The van der Waals surface area contributed by atoms with Crippen LogP contribution in [-0.4, -0.2) is 20.1 Å². The zero-order valence-corrected chi connectivity index (χ0v) is 8.31. The second-order valence-electron chi connectivity index (χ2n) is 3.61. The SMILES string of the molecule is CC(C)n1nnc2cc(CO)ccc21. The molecule has 0 spiro atoms. The Bertz CT molecular complexity index is 448. The Morgan fingerprint density at radius 1 is 1.43 bits per heavy atom. The van der Waals surface area contributed by atoms with E-state index in [0.717, 1.165) is 16.6 Å². The van der Waals surface area contributed by atoms with E-state index in [2.05, 4.69) is 24.2 Å². The van der Waals surface area contributed by atoms with Gasteiger partial charge in [0, 0.05) is 6.04 Å². The Labute approximate surface area is 82.2 Å². The monoisotopic (exact) mass is 191 g/mol. The average molecular weight is 191 g/mol. The van der Waals surface area contributed by atoms with Crippen molar-refractivity contribution in [3.05, 3.63) is 23.8 Å². The molecule has 0 bridgehead atoms. The van der Waals surface area contributed by atoms with Gasteiger partial charge in [-0.3, -0.25) is 0 Å². The van der Waals surface area contributed by atoms with E-state index in [-0.39, 0.29) is 6.61 Å². The van der Waals surface area contributed by atoms with Gasteiger partial charge in [0.15, 0.2) is 0 Å².